The Kier molecular flexibility index (Phi) is 3.56. The van der Waals surface area contributed by atoms with Gasteiger partial charge in [-0.15, -0.1) is 0 Å². The van der Waals surface area contributed by atoms with Crippen molar-refractivity contribution < 1.29 is 9.72 Å². The summed E-state index contributed by atoms with van der Waals surface area (Å²) in [6.45, 7) is 2.01. The van der Waals surface area contributed by atoms with Crippen LogP contribution in [-0.2, 0) is 6.54 Å². The maximum atomic E-state index is 12.0. The van der Waals surface area contributed by atoms with Gasteiger partial charge in [-0.1, -0.05) is 6.07 Å². The minimum Gasteiger partial charge on any atom is -0.347 e. The van der Waals surface area contributed by atoms with Crippen LogP contribution in [0.4, 0.5) is 5.69 Å². The second-order valence-electron chi connectivity index (χ2n) is 4.04. The third-order valence-corrected chi connectivity index (χ3v) is 2.59. The second-order valence-corrected chi connectivity index (χ2v) is 4.04. The Morgan fingerprint density at radius 3 is 2.95 bits per heavy atom. The molecule has 1 aromatic carbocycles. The molecule has 7 nitrogen and oxygen atoms in total. The Hall–Kier alpha value is -2.70. The summed E-state index contributed by atoms with van der Waals surface area (Å²) < 4.78 is 0. The molecule has 0 spiro atoms. The predicted octanol–water partition coefficient (Wildman–Crippen LogP) is 1.56. The summed E-state index contributed by atoms with van der Waals surface area (Å²) in [4.78, 5) is 28.9. The molecule has 0 unspecified atom stereocenters. The molecule has 2 aromatic rings. The van der Waals surface area contributed by atoms with E-state index < -0.39 is 10.8 Å². The van der Waals surface area contributed by atoms with Crippen molar-refractivity contribution in [2.75, 3.05) is 0 Å². The SMILES string of the molecule is Cc1ccc([N+](=O)[O-])c(C(=O)NCc2cnc[nH]2)c1. The minimum absolute atomic E-state index is 0.0597. The highest BCUT2D eigenvalue weighted by Crippen LogP contribution is 2.19. The number of hydrogen-bond donors (Lipinski definition) is 2. The van der Waals surface area contributed by atoms with Crippen LogP contribution in [0.15, 0.2) is 30.7 Å². The van der Waals surface area contributed by atoms with Gasteiger partial charge in [0.2, 0.25) is 0 Å². The molecular formula is C12H12N4O3. The van der Waals surface area contributed by atoms with E-state index in [9.17, 15) is 14.9 Å². The topological polar surface area (TPSA) is 101 Å². The van der Waals surface area contributed by atoms with E-state index in [-0.39, 0.29) is 17.8 Å². The molecular weight excluding hydrogens is 248 g/mol. The van der Waals surface area contributed by atoms with Gasteiger partial charge in [0.05, 0.1) is 23.5 Å². The number of nitrogens with zero attached hydrogens (tertiary/aromatic N) is 2. The summed E-state index contributed by atoms with van der Waals surface area (Å²) in [6, 6.07) is 4.44. The molecule has 19 heavy (non-hydrogen) atoms. The zero-order chi connectivity index (χ0) is 13.8. The van der Waals surface area contributed by atoms with Crippen molar-refractivity contribution in [1.82, 2.24) is 15.3 Å². The molecule has 0 aliphatic rings. The van der Waals surface area contributed by atoms with E-state index in [1.807, 2.05) is 0 Å². The fourth-order valence-electron chi connectivity index (χ4n) is 1.64. The highest BCUT2D eigenvalue weighted by atomic mass is 16.6. The van der Waals surface area contributed by atoms with Crippen LogP contribution >= 0.6 is 0 Å². The number of amides is 1. The van der Waals surface area contributed by atoms with Gasteiger partial charge in [0.15, 0.2) is 0 Å². The van der Waals surface area contributed by atoms with Crippen LogP contribution in [0.3, 0.4) is 0 Å². The van der Waals surface area contributed by atoms with Crippen LogP contribution in [0.2, 0.25) is 0 Å². The highest BCUT2D eigenvalue weighted by molar-refractivity contribution is 5.98. The Labute approximate surface area is 108 Å². The minimum atomic E-state index is -0.565. The number of benzene rings is 1. The number of hydrogen-bond acceptors (Lipinski definition) is 4. The van der Waals surface area contributed by atoms with E-state index in [2.05, 4.69) is 15.3 Å². The van der Waals surface area contributed by atoms with Gasteiger partial charge >= 0.3 is 0 Å². The lowest BCUT2D eigenvalue weighted by Gasteiger charge is -2.05. The van der Waals surface area contributed by atoms with Crippen LogP contribution in [-0.4, -0.2) is 20.8 Å². The third kappa shape index (κ3) is 2.95. The number of imidazole rings is 1. The molecule has 0 atom stereocenters. The molecule has 1 amide bonds. The molecule has 2 N–H and O–H groups in total. The van der Waals surface area contributed by atoms with Gasteiger partial charge in [-0.3, -0.25) is 14.9 Å². The molecule has 1 heterocycles. The van der Waals surface area contributed by atoms with Gasteiger partial charge < -0.3 is 10.3 Å². The molecule has 0 radical (unpaired) electrons. The number of carbonyl (C=O) groups excluding carboxylic acids is 1. The quantitative estimate of drug-likeness (QED) is 0.643. The molecule has 0 aliphatic heterocycles. The van der Waals surface area contributed by atoms with Crippen molar-refractivity contribution in [3.8, 4) is 0 Å². The lowest BCUT2D eigenvalue weighted by atomic mass is 10.1. The third-order valence-electron chi connectivity index (χ3n) is 2.59. The predicted molar refractivity (Wildman–Crippen MR) is 67.6 cm³/mol. The number of nitro groups is 1. The van der Waals surface area contributed by atoms with Crippen molar-refractivity contribution in [3.63, 3.8) is 0 Å². The molecule has 7 heteroatoms. The Morgan fingerprint density at radius 2 is 2.32 bits per heavy atom. The number of nitro benzene ring substituents is 1. The van der Waals surface area contributed by atoms with Gasteiger partial charge in [-0.2, -0.15) is 0 Å². The zero-order valence-corrected chi connectivity index (χ0v) is 10.2. The average Bonchev–Trinajstić information content (AvgIpc) is 2.88. The molecule has 0 fully saturated rings. The van der Waals surface area contributed by atoms with Gasteiger partial charge in [-0.25, -0.2) is 4.98 Å². The molecule has 0 bridgehead atoms. The average molecular weight is 260 g/mol. The summed E-state index contributed by atoms with van der Waals surface area (Å²) in [6.07, 6.45) is 3.07. The van der Waals surface area contributed by atoms with E-state index in [1.54, 1.807) is 19.2 Å². The summed E-state index contributed by atoms with van der Waals surface area (Å²) in [5.41, 5.74) is 1.37. The smallest absolute Gasteiger partial charge is 0.282 e. The Bertz CT molecular complexity index is 607. The van der Waals surface area contributed by atoms with Crippen molar-refractivity contribution in [1.29, 1.82) is 0 Å². The van der Waals surface area contributed by atoms with E-state index in [4.69, 9.17) is 0 Å². The first-order chi connectivity index (χ1) is 9.08. The van der Waals surface area contributed by atoms with E-state index in [0.29, 0.717) is 0 Å². The maximum Gasteiger partial charge on any atom is 0.282 e. The molecule has 1 aromatic heterocycles. The number of aromatic amines is 1. The first kappa shape index (κ1) is 12.7. The van der Waals surface area contributed by atoms with Crippen LogP contribution < -0.4 is 5.32 Å². The second kappa shape index (κ2) is 5.30. The summed E-state index contributed by atoms with van der Waals surface area (Å²) in [5, 5.41) is 13.5. The van der Waals surface area contributed by atoms with Crippen LogP contribution in [0.5, 0.6) is 0 Å². The number of nitrogens with one attached hydrogen (secondary N) is 2. The van der Waals surface area contributed by atoms with Crippen molar-refractivity contribution >= 4 is 11.6 Å². The zero-order valence-electron chi connectivity index (χ0n) is 10.2. The summed E-state index contributed by atoms with van der Waals surface area (Å²) in [5.74, 6) is -0.481. The van der Waals surface area contributed by atoms with Crippen molar-refractivity contribution in [3.05, 3.63) is 57.7 Å². The highest BCUT2D eigenvalue weighted by Gasteiger charge is 2.19. The fourth-order valence-corrected chi connectivity index (χ4v) is 1.64. The van der Waals surface area contributed by atoms with Gasteiger partial charge in [0, 0.05) is 12.3 Å². The lowest BCUT2D eigenvalue weighted by molar-refractivity contribution is -0.385. The Balaban J connectivity index is 2.18. The van der Waals surface area contributed by atoms with Crippen LogP contribution in [0.25, 0.3) is 0 Å². The number of carbonyl (C=O) groups is 1. The lowest BCUT2D eigenvalue weighted by Crippen LogP contribution is -2.24. The van der Waals surface area contributed by atoms with Gasteiger partial charge in [0.25, 0.3) is 11.6 Å². The normalized spacial score (nSPS) is 10.2. The van der Waals surface area contributed by atoms with E-state index in [1.165, 1.54) is 18.5 Å². The van der Waals surface area contributed by atoms with E-state index in [0.717, 1.165) is 11.3 Å². The largest absolute Gasteiger partial charge is 0.347 e. The van der Waals surface area contributed by atoms with Gasteiger partial charge in [-0.05, 0) is 18.6 Å². The molecule has 0 saturated carbocycles. The van der Waals surface area contributed by atoms with Crippen molar-refractivity contribution in [2.45, 2.75) is 13.5 Å². The number of aryl methyl sites for hydroxylation is 1. The Morgan fingerprint density at radius 1 is 1.53 bits per heavy atom. The van der Waals surface area contributed by atoms with Crippen LogP contribution in [0.1, 0.15) is 21.6 Å². The molecule has 98 valence electrons. The first-order valence-corrected chi connectivity index (χ1v) is 5.58. The van der Waals surface area contributed by atoms with E-state index >= 15 is 0 Å². The number of rotatable bonds is 4. The summed E-state index contributed by atoms with van der Waals surface area (Å²) >= 11 is 0. The van der Waals surface area contributed by atoms with Gasteiger partial charge in [0.1, 0.15) is 5.56 Å². The van der Waals surface area contributed by atoms with Crippen molar-refractivity contribution in [2.24, 2.45) is 0 Å². The maximum absolute atomic E-state index is 12.0. The number of H-pyrrole nitrogens is 1. The fraction of sp³-hybridized carbons (Fsp3) is 0.167. The molecule has 0 saturated heterocycles. The monoisotopic (exact) mass is 260 g/mol. The first-order valence-electron chi connectivity index (χ1n) is 5.58. The molecule has 0 aliphatic carbocycles. The molecule has 2 rings (SSSR count). The number of aromatic nitrogens is 2. The summed E-state index contributed by atoms with van der Waals surface area (Å²) in [7, 11) is 0. The van der Waals surface area contributed by atoms with Crippen LogP contribution in [0, 0.1) is 17.0 Å². The standard InChI is InChI=1S/C12H12N4O3/c1-8-2-3-11(16(18)19)10(4-8)12(17)14-6-9-5-13-7-15-9/h2-5,7H,6H2,1H3,(H,13,15)(H,14,17).